The third-order valence-electron chi connectivity index (χ3n) is 1.66. The molecule has 0 amide bonds. The van der Waals surface area contributed by atoms with Crippen LogP contribution in [0.15, 0.2) is 18.2 Å². The average molecular weight is 206 g/mol. The summed E-state index contributed by atoms with van der Waals surface area (Å²) in [6, 6.07) is 2.50. The first kappa shape index (κ1) is 10.7. The molecular weight excluding hydrogens is 200 g/mol. The highest BCUT2D eigenvalue weighted by molar-refractivity contribution is 5.55. The van der Waals surface area contributed by atoms with E-state index in [1.807, 2.05) is 0 Å². The number of carbonyl (C=O) groups is 1. The third-order valence-corrected chi connectivity index (χ3v) is 1.66. The van der Waals surface area contributed by atoms with Crippen molar-refractivity contribution in [3.8, 4) is 0 Å². The van der Waals surface area contributed by atoms with E-state index in [-0.39, 0.29) is 12.0 Å². The molecule has 0 saturated heterocycles. The van der Waals surface area contributed by atoms with Gasteiger partial charge in [0.15, 0.2) is 0 Å². The topological polar surface area (TPSA) is 17.1 Å². The van der Waals surface area contributed by atoms with E-state index in [2.05, 4.69) is 0 Å². The normalized spacial score (nSPS) is 11.4. The van der Waals surface area contributed by atoms with Crippen LogP contribution >= 0.6 is 0 Å². The van der Waals surface area contributed by atoms with Crippen molar-refractivity contribution in [3.63, 3.8) is 0 Å². The Bertz CT molecular complexity index is 343. The minimum atomic E-state index is -4.72. The maximum absolute atomic E-state index is 12.7. The van der Waals surface area contributed by atoms with E-state index in [4.69, 9.17) is 0 Å². The Labute approximate surface area is 77.3 Å². The molecule has 0 aliphatic heterocycles. The van der Waals surface area contributed by atoms with Crippen LogP contribution in [0.4, 0.5) is 17.6 Å². The predicted octanol–water partition coefficient (Wildman–Crippen LogP) is 2.59. The zero-order chi connectivity index (χ0) is 10.8. The number of aldehydes is 1. The Kier molecular flexibility index (Phi) is 2.88. The maximum atomic E-state index is 12.7. The van der Waals surface area contributed by atoms with Crippen LogP contribution in [0.25, 0.3) is 0 Å². The molecule has 14 heavy (non-hydrogen) atoms. The van der Waals surface area contributed by atoms with Crippen LogP contribution in [0.5, 0.6) is 0 Å². The van der Waals surface area contributed by atoms with Crippen LogP contribution in [-0.4, -0.2) is 6.29 Å². The molecule has 0 spiro atoms. The molecule has 1 rings (SSSR count). The molecule has 76 valence electrons. The van der Waals surface area contributed by atoms with Crippen LogP contribution in [0, 0.1) is 5.82 Å². The molecule has 0 bridgehead atoms. The summed E-state index contributed by atoms with van der Waals surface area (Å²) < 4.78 is 49.1. The number of carbonyl (C=O) groups excluding carboxylic acids is 1. The molecule has 0 aliphatic rings. The number of hydrogen-bond donors (Lipinski definition) is 0. The van der Waals surface area contributed by atoms with Gasteiger partial charge in [0, 0.05) is 6.42 Å². The van der Waals surface area contributed by atoms with Gasteiger partial charge >= 0.3 is 6.18 Å². The van der Waals surface area contributed by atoms with Gasteiger partial charge in [-0.05, 0) is 17.7 Å². The smallest absolute Gasteiger partial charge is 0.303 e. The SMILES string of the molecule is O=CCc1ccc(F)c(C(F)(F)F)c1. The van der Waals surface area contributed by atoms with Crippen molar-refractivity contribution >= 4 is 6.29 Å². The second-order valence-electron chi connectivity index (χ2n) is 2.68. The lowest BCUT2D eigenvalue weighted by molar-refractivity contribution is -0.140. The summed E-state index contributed by atoms with van der Waals surface area (Å²) in [4.78, 5) is 10.0. The van der Waals surface area contributed by atoms with E-state index in [1.54, 1.807) is 0 Å². The second-order valence-corrected chi connectivity index (χ2v) is 2.68. The lowest BCUT2D eigenvalue weighted by Gasteiger charge is -2.08. The van der Waals surface area contributed by atoms with Crippen molar-refractivity contribution < 1.29 is 22.4 Å². The predicted molar refractivity (Wildman–Crippen MR) is 41.2 cm³/mol. The molecule has 1 aromatic carbocycles. The number of benzene rings is 1. The highest BCUT2D eigenvalue weighted by atomic mass is 19.4. The molecule has 0 N–H and O–H groups in total. The van der Waals surface area contributed by atoms with E-state index in [9.17, 15) is 22.4 Å². The summed E-state index contributed by atoms with van der Waals surface area (Å²) in [5.74, 6) is -1.33. The summed E-state index contributed by atoms with van der Waals surface area (Å²) in [6.07, 6.45) is -4.40. The molecule has 5 heteroatoms. The van der Waals surface area contributed by atoms with Gasteiger partial charge in [0.1, 0.15) is 12.1 Å². The molecule has 0 radical (unpaired) electrons. The van der Waals surface area contributed by atoms with Gasteiger partial charge in [0.25, 0.3) is 0 Å². The standard InChI is InChI=1S/C9H6F4O/c10-8-2-1-6(3-4-14)5-7(8)9(11,12)13/h1-2,4-5H,3H2. The van der Waals surface area contributed by atoms with Crippen LogP contribution in [0.2, 0.25) is 0 Å². The summed E-state index contributed by atoms with van der Waals surface area (Å²) >= 11 is 0. The highest BCUT2D eigenvalue weighted by Crippen LogP contribution is 2.31. The monoisotopic (exact) mass is 206 g/mol. The largest absolute Gasteiger partial charge is 0.419 e. The molecular formula is C9H6F4O. The van der Waals surface area contributed by atoms with E-state index in [1.165, 1.54) is 0 Å². The highest BCUT2D eigenvalue weighted by Gasteiger charge is 2.34. The van der Waals surface area contributed by atoms with Crippen molar-refractivity contribution in [2.75, 3.05) is 0 Å². The first-order chi connectivity index (χ1) is 6.45. The molecule has 1 aromatic rings. The van der Waals surface area contributed by atoms with E-state index >= 15 is 0 Å². The molecule has 0 aliphatic carbocycles. The van der Waals surface area contributed by atoms with Crippen molar-refractivity contribution in [1.29, 1.82) is 0 Å². The van der Waals surface area contributed by atoms with Crippen LogP contribution in [0.1, 0.15) is 11.1 Å². The van der Waals surface area contributed by atoms with Crippen LogP contribution in [0.3, 0.4) is 0 Å². The van der Waals surface area contributed by atoms with Gasteiger partial charge in [0.05, 0.1) is 5.56 Å². The van der Waals surface area contributed by atoms with Gasteiger partial charge in [-0.2, -0.15) is 13.2 Å². The fourth-order valence-electron chi connectivity index (χ4n) is 1.01. The fourth-order valence-corrected chi connectivity index (χ4v) is 1.01. The van der Waals surface area contributed by atoms with E-state index in [0.29, 0.717) is 18.4 Å². The molecule has 0 unspecified atom stereocenters. The number of rotatable bonds is 2. The minimum Gasteiger partial charge on any atom is -0.303 e. The van der Waals surface area contributed by atoms with Gasteiger partial charge in [-0.1, -0.05) is 6.07 Å². The van der Waals surface area contributed by atoms with Gasteiger partial charge in [0.2, 0.25) is 0 Å². The number of halogens is 4. The zero-order valence-electron chi connectivity index (χ0n) is 6.94. The number of alkyl halides is 3. The Hall–Kier alpha value is -1.39. The van der Waals surface area contributed by atoms with Gasteiger partial charge in [-0.25, -0.2) is 4.39 Å². The summed E-state index contributed by atoms with van der Waals surface area (Å²) in [5, 5.41) is 0. The minimum absolute atomic E-state index is 0.147. The molecule has 1 nitrogen and oxygen atoms in total. The van der Waals surface area contributed by atoms with Crippen molar-refractivity contribution in [1.82, 2.24) is 0 Å². The van der Waals surface area contributed by atoms with Gasteiger partial charge < -0.3 is 4.79 Å². The third kappa shape index (κ3) is 2.31. The molecule has 0 heterocycles. The van der Waals surface area contributed by atoms with Crippen LogP contribution < -0.4 is 0 Å². The Morgan fingerprint density at radius 3 is 2.43 bits per heavy atom. The van der Waals surface area contributed by atoms with Crippen LogP contribution in [-0.2, 0) is 17.4 Å². The summed E-state index contributed by atoms with van der Waals surface area (Å²) in [7, 11) is 0. The lowest BCUT2D eigenvalue weighted by atomic mass is 10.1. The van der Waals surface area contributed by atoms with E-state index < -0.39 is 17.6 Å². The van der Waals surface area contributed by atoms with Crippen molar-refractivity contribution in [3.05, 3.63) is 35.1 Å². The average Bonchev–Trinajstić information content (AvgIpc) is 2.07. The quantitative estimate of drug-likeness (QED) is 0.537. The molecule has 0 saturated carbocycles. The molecule has 0 fully saturated rings. The Balaban J connectivity index is 3.15. The van der Waals surface area contributed by atoms with Crippen molar-refractivity contribution in [2.45, 2.75) is 12.6 Å². The Morgan fingerprint density at radius 1 is 1.29 bits per heavy atom. The zero-order valence-corrected chi connectivity index (χ0v) is 6.94. The molecule has 0 atom stereocenters. The van der Waals surface area contributed by atoms with E-state index in [0.717, 1.165) is 6.07 Å². The lowest BCUT2D eigenvalue weighted by Crippen LogP contribution is -2.08. The number of hydrogen-bond acceptors (Lipinski definition) is 1. The first-order valence-corrected chi connectivity index (χ1v) is 3.74. The summed E-state index contributed by atoms with van der Waals surface area (Å²) in [6.45, 7) is 0. The summed E-state index contributed by atoms with van der Waals surface area (Å²) in [5.41, 5.74) is -1.19. The first-order valence-electron chi connectivity index (χ1n) is 3.74. The maximum Gasteiger partial charge on any atom is 0.419 e. The van der Waals surface area contributed by atoms with Gasteiger partial charge in [-0.3, -0.25) is 0 Å². The van der Waals surface area contributed by atoms with Gasteiger partial charge in [-0.15, -0.1) is 0 Å². The Morgan fingerprint density at radius 2 is 1.93 bits per heavy atom. The van der Waals surface area contributed by atoms with Crippen molar-refractivity contribution in [2.24, 2.45) is 0 Å². The molecule has 0 aromatic heterocycles. The second kappa shape index (κ2) is 3.77. The fraction of sp³-hybridized carbons (Fsp3) is 0.222.